The average Bonchev–Trinajstić information content (AvgIpc) is 2.94. The molecule has 104 valence electrons. The predicted octanol–water partition coefficient (Wildman–Crippen LogP) is 3.71. The third-order valence-corrected chi connectivity index (χ3v) is 4.25. The molecule has 0 amide bonds. The Hall–Kier alpha value is -1.60. The zero-order valence-electron chi connectivity index (χ0n) is 11.4. The number of nitrogen functional groups attached to an aromatic ring is 1. The number of hydrogen-bond donors (Lipinski definition) is 1. The van der Waals surface area contributed by atoms with Crippen molar-refractivity contribution in [1.82, 2.24) is 14.3 Å². The van der Waals surface area contributed by atoms with E-state index in [0.29, 0.717) is 16.5 Å². The third-order valence-electron chi connectivity index (χ3n) is 2.65. The normalized spacial score (nSPS) is 12.2. The van der Waals surface area contributed by atoms with Crippen LogP contribution >= 0.6 is 23.3 Å². The molecule has 0 unspecified atom stereocenters. The minimum absolute atomic E-state index is 0.0505. The van der Waals surface area contributed by atoms with Gasteiger partial charge in [-0.25, -0.2) is 9.97 Å². The van der Waals surface area contributed by atoms with Gasteiger partial charge in [0.15, 0.2) is 9.92 Å². The number of benzene rings is 1. The van der Waals surface area contributed by atoms with Crippen LogP contribution in [0.25, 0.3) is 11.1 Å². The molecule has 0 radical (unpaired) electrons. The number of hydrogen-bond acceptors (Lipinski definition) is 7. The molecule has 3 aromatic rings. The molecule has 2 heterocycles. The van der Waals surface area contributed by atoms with E-state index in [0.717, 1.165) is 15.7 Å². The van der Waals surface area contributed by atoms with Gasteiger partial charge in [0.1, 0.15) is 11.3 Å². The number of rotatable bonds is 2. The molecule has 0 atom stereocenters. The zero-order valence-corrected chi connectivity index (χ0v) is 13.0. The Labute approximate surface area is 124 Å². The van der Waals surface area contributed by atoms with E-state index in [9.17, 15) is 0 Å². The van der Waals surface area contributed by atoms with Crippen LogP contribution in [0.4, 0.5) is 5.69 Å². The van der Waals surface area contributed by atoms with E-state index in [-0.39, 0.29) is 5.41 Å². The minimum atomic E-state index is -0.0505. The highest BCUT2D eigenvalue weighted by atomic mass is 32.2. The zero-order chi connectivity index (χ0) is 14.3. The van der Waals surface area contributed by atoms with E-state index >= 15 is 0 Å². The maximum absolute atomic E-state index is 5.72. The predicted molar refractivity (Wildman–Crippen MR) is 81.2 cm³/mol. The van der Waals surface area contributed by atoms with Gasteiger partial charge >= 0.3 is 0 Å². The van der Waals surface area contributed by atoms with Crippen LogP contribution in [0.1, 0.15) is 26.6 Å². The average molecular weight is 306 g/mol. The Morgan fingerprint density at radius 2 is 2.05 bits per heavy atom. The summed E-state index contributed by atoms with van der Waals surface area (Å²) in [4.78, 5) is 8.91. The summed E-state index contributed by atoms with van der Waals surface area (Å²) < 4.78 is 10.9. The van der Waals surface area contributed by atoms with Gasteiger partial charge in [0, 0.05) is 28.9 Å². The Morgan fingerprint density at radius 3 is 2.75 bits per heavy atom. The third kappa shape index (κ3) is 2.64. The SMILES string of the molecule is CC(C)(C)c1nsc(Sc2nc3ccc(N)cc3o2)n1. The molecular formula is C13H14N4OS2. The first-order chi connectivity index (χ1) is 9.41. The van der Waals surface area contributed by atoms with Gasteiger partial charge in [-0.1, -0.05) is 20.8 Å². The standard InChI is InChI=1S/C13H14N4OS2/c1-13(2,3)10-16-12(20-17-10)19-11-15-8-5-4-7(14)6-9(8)18-11/h4-6H,14H2,1-3H3. The summed E-state index contributed by atoms with van der Waals surface area (Å²) in [5.74, 6) is 0.838. The van der Waals surface area contributed by atoms with Crippen LogP contribution in [0.3, 0.4) is 0 Å². The monoisotopic (exact) mass is 306 g/mol. The van der Waals surface area contributed by atoms with Crippen molar-refractivity contribution in [2.24, 2.45) is 0 Å². The van der Waals surface area contributed by atoms with Gasteiger partial charge in [-0.2, -0.15) is 4.37 Å². The van der Waals surface area contributed by atoms with Crippen molar-refractivity contribution in [2.75, 3.05) is 5.73 Å². The van der Waals surface area contributed by atoms with Gasteiger partial charge in [0.25, 0.3) is 5.22 Å². The van der Waals surface area contributed by atoms with Crippen LogP contribution in [0.15, 0.2) is 32.2 Å². The first-order valence-electron chi connectivity index (χ1n) is 6.10. The first kappa shape index (κ1) is 13.4. The molecular weight excluding hydrogens is 292 g/mol. The molecule has 7 heteroatoms. The number of anilines is 1. The second kappa shape index (κ2) is 4.75. The number of nitrogens with zero attached hydrogens (tertiary/aromatic N) is 3. The molecule has 3 rings (SSSR count). The van der Waals surface area contributed by atoms with Crippen molar-refractivity contribution < 1.29 is 4.42 Å². The summed E-state index contributed by atoms with van der Waals surface area (Å²) in [6, 6.07) is 5.42. The summed E-state index contributed by atoms with van der Waals surface area (Å²) in [7, 11) is 0. The summed E-state index contributed by atoms with van der Waals surface area (Å²) in [5, 5.41) is 0.558. The lowest BCUT2D eigenvalue weighted by molar-refractivity contribution is 0.489. The van der Waals surface area contributed by atoms with Crippen molar-refractivity contribution in [2.45, 2.75) is 35.7 Å². The molecule has 0 aliphatic rings. The minimum Gasteiger partial charge on any atom is -0.431 e. The quantitative estimate of drug-likeness (QED) is 0.727. The van der Waals surface area contributed by atoms with Crippen LogP contribution in [-0.2, 0) is 5.41 Å². The van der Waals surface area contributed by atoms with Crippen molar-refractivity contribution in [3.8, 4) is 0 Å². The maximum Gasteiger partial charge on any atom is 0.264 e. The van der Waals surface area contributed by atoms with Crippen LogP contribution in [0.5, 0.6) is 0 Å². The van der Waals surface area contributed by atoms with E-state index in [1.54, 1.807) is 6.07 Å². The van der Waals surface area contributed by atoms with Gasteiger partial charge < -0.3 is 10.2 Å². The van der Waals surface area contributed by atoms with Crippen molar-refractivity contribution in [3.63, 3.8) is 0 Å². The van der Waals surface area contributed by atoms with E-state index in [2.05, 4.69) is 35.1 Å². The molecule has 0 spiro atoms. The summed E-state index contributed by atoms with van der Waals surface area (Å²) in [6.07, 6.45) is 0. The molecule has 1 aromatic carbocycles. The summed E-state index contributed by atoms with van der Waals surface area (Å²) in [5.41, 5.74) is 7.82. The van der Waals surface area contributed by atoms with Gasteiger partial charge in [-0.15, -0.1) is 0 Å². The molecule has 0 aliphatic heterocycles. The van der Waals surface area contributed by atoms with Gasteiger partial charge in [0.2, 0.25) is 0 Å². The molecule has 0 aliphatic carbocycles. The number of fused-ring (bicyclic) bond motifs is 1. The fourth-order valence-corrected chi connectivity index (χ4v) is 3.23. The largest absolute Gasteiger partial charge is 0.431 e. The van der Waals surface area contributed by atoms with Crippen LogP contribution in [-0.4, -0.2) is 14.3 Å². The number of oxazole rings is 1. The van der Waals surface area contributed by atoms with Gasteiger partial charge in [-0.05, 0) is 23.7 Å². The van der Waals surface area contributed by atoms with Crippen LogP contribution < -0.4 is 5.73 Å². The molecule has 2 N–H and O–H groups in total. The Bertz CT molecular complexity index is 757. The number of aromatic nitrogens is 3. The van der Waals surface area contributed by atoms with Crippen LogP contribution in [0.2, 0.25) is 0 Å². The van der Waals surface area contributed by atoms with Crippen molar-refractivity contribution >= 4 is 40.1 Å². The van der Waals surface area contributed by atoms with Crippen LogP contribution in [0, 0.1) is 0 Å². The van der Waals surface area contributed by atoms with Gasteiger partial charge in [0.05, 0.1) is 0 Å². The highest BCUT2D eigenvalue weighted by Crippen LogP contribution is 2.33. The lowest BCUT2D eigenvalue weighted by Gasteiger charge is -2.11. The molecule has 0 fully saturated rings. The highest BCUT2D eigenvalue weighted by molar-refractivity contribution is 8.00. The summed E-state index contributed by atoms with van der Waals surface area (Å²) >= 11 is 2.74. The van der Waals surface area contributed by atoms with E-state index < -0.39 is 0 Å². The lowest BCUT2D eigenvalue weighted by Crippen LogP contribution is -2.12. The second-order valence-electron chi connectivity index (χ2n) is 5.44. The molecule has 0 saturated heterocycles. The second-order valence-corrected chi connectivity index (χ2v) is 7.39. The Morgan fingerprint density at radius 1 is 1.25 bits per heavy atom. The summed E-state index contributed by atoms with van der Waals surface area (Å²) in [6.45, 7) is 6.27. The molecule has 2 aromatic heterocycles. The fraction of sp³-hybridized carbons (Fsp3) is 0.308. The van der Waals surface area contributed by atoms with Crippen molar-refractivity contribution in [1.29, 1.82) is 0 Å². The van der Waals surface area contributed by atoms with E-state index in [1.165, 1.54) is 23.3 Å². The van der Waals surface area contributed by atoms with E-state index in [1.807, 2.05) is 12.1 Å². The first-order valence-corrected chi connectivity index (χ1v) is 7.69. The van der Waals surface area contributed by atoms with E-state index in [4.69, 9.17) is 10.2 Å². The van der Waals surface area contributed by atoms with Crippen molar-refractivity contribution in [3.05, 3.63) is 24.0 Å². The Kier molecular flexibility index (Phi) is 3.18. The topological polar surface area (TPSA) is 77.8 Å². The lowest BCUT2D eigenvalue weighted by atomic mass is 9.96. The fourth-order valence-electron chi connectivity index (χ4n) is 1.59. The molecule has 5 nitrogen and oxygen atoms in total. The highest BCUT2D eigenvalue weighted by Gasteiger charge is 2.20. The Balaban J connectivity index is 1.87. The number of nitrogens with two attached hydrogens (primary N) is 1. The van der Waals surface area contributed by atoms with Gasteiger partial charge in [-0.3, -0.25) is 0 Å². The molecule has 20 heavy (non-hydrogen) atoms. The maximum atomic E-state index is 5.72. The molecule has 0 bridgehead atoms. The molecule has 0 saturated carbocycles. The smallest absolute Gasteiger partial charge is 0.264 e.